The van der Waals surface area contributed by atoms with Crippen LogP contribution in [0.3, 0.4) is 0 Å². The summed E-state index contributed by atoms with van der Waals surface area (Å²) in [6.07, 6.45) is 0. The van der Waals surface area contributed by atoms with Gasteiger partial charge in [-0.3, -0.25) is 4.90 Å². The number of thiophene rings is 1. The number of nitrogens with one attached hydrogen (secondary N) is 1. The molecule has 1 aromatic carbocycles. The van der Waals surface area contributed by atoms with Crippen molar-refractivity contribution in [1.29, 1.82) is 0 Å². The van der Waals surface area contributed by atoms with Crippen molar-refractivity contribution in [2.75, 3.05) is 26.2 Å². The fourth-order valence-electron chi connectivity index (χ4n) is 2.73. The zero-order chi connectivity index (χ0) is 13.1. The minimum Gasteiger partial charge on any atom is -0.314 e. The van der Waals surface area contributed by atoms with E-state index in [0.29, 0.717) is 6.04 Å². The van der Waals surface area contributed by atoms with Crippen molar-refractivity contribution in [3.8, 4) is 0 Å². The molecule has 3 heteroatoms. The van der Waals surface area contributed by atoms with Crippen molar-refractivity contribution in [3.63, 3.8) is 0 Å². The van der Waals surface area contributed by atoms with Gasteiger partial charge in [0.2, 0.25) is 0 Å². The van der Waals surface area contributed by atoms with Gasteiger partial charge < -0.3 is 5.32 Å². The number of benzene rings is 1. The zero-order valence-electron chi connectivity index (χ0n) is 11.3. The van der Waals surface area contributed by atoms with Gasteiger partial charge in [-0.25, -0.2) is 0 Å². The first kappa shape index (κ1) is 12.9. The van der Waals surface area contributed by atoms with Gasteiger partial charge in [-0.05, 0) is 34.9 Å². The number of nitrogens with zero attached hydrogens (tertiary/aromatic N) is 1. The molecule has 1 aliphatic heterocycles. The number of piperazine rings is 1. The summed E-state index contributed by atoms with van der Waals surface area (Å²) in [6, 6.07) is 11.7. The van der Waals surface area contributed by atoms with Crippen molar-refractivity contribution in [1.82, 2.24) is 10.2 Å². The van der Waals surface area contributed by atoms with Crippen LogP contribution in [0.2, 0.25) is 0 Å². The topological polar surface area (TPSA) is 15.3 Å². The molecule has 1 saturated heterocycles. The van der Waals surface area contributed by atoms with Gasteiger partial charge in [0, 0.05) is 26.2 Å². The lowest BCUT2D eigenvalue weighted by Gasteiger charge is -2.35. The van der Waals surface area contributed by atoms with E-state index in [9.17, 15) is 0 Å². The molecule has 3 rings (SSSR count). The summed E-state index contributed by atoms with van der Waals surface area (Å²) in [6.45, 7) is 6.57. The Morgan fingerprint density at radius 3 is 2.42 bits per heavy atom. The van der Waals surface area contributed by atoms with E-state index in [1.165, 1.54) is 16.7 Å². The Morgan fingerprint density at radius 1 is 1.05 bits per heavy atom. The third-order valence-corrected chi connectivity index (χ3v) is 4.47. The predicted molar refractivity (Wildman–Crippen MR) is 81.8 cm³/mol. The third-order valence-electron chi connectivity index (χ3n) is 3.77. The first-order valence-corrected chi connectivity index (χ1v) is 7.82. The van der Waals surface area contributed by atoms with Gasteiger partial charge in [-0.15, -0.1) is 0 Å². The minimum atomic E-state index is 0.411. The second-order valence-corrected chi connectivity index (χ2v) is 5.94. The summed E-state index contributed by atoms with van der Waals surface area (Å²) in [4.78, 5) is 2.59. The molecule has 1 fully saturated rings. The summed E-state index contributed by atoms with van der Waals surface area (Å²) < 4.78 is 0. The molecule has 1 N–H and O–H groups in total. The van der Waals surface area contributed by atoms with Gasteiger partial charge in [-0.1, -0.05) is 29.8 Å². The van der Waals surface area contributed by atoms with E-state index in [4.69, 9.17) is 0 Å². The van der Waals surface area contributed by atoms with E-state index in [0.717, 1.165) is 26.2 Å². The molecule has 0 bridgehead atoms. The van der Waals surface area contributed by atoms with Gasteiger partial charge >= 0.3 is 0 Å². The molecule has 1 atom stereocenters. The lowest BCUT2D eigenvalue weighted by molar-refractivity contribution is 0.199. The Morgan fingerprint density at radius 2 is 1.79 bits per heavy atom. The smallest absolute Gasteiger partial charge is 0.0610 e. The summed E-state index contributed by atoms with van der Waals surface area (Å²) in [5, 5.41) is 7.90. The molecule has 1 unspecified atom stereocenters. The largest absolute Gasteiger partial charge is 0.314 e. The standard InChI is InChI=1S/C16H20N2S/c1-13-2-4-14(5-3-13)16(15-6-11-19-12-15)18-9-7-17-8-10-18/h2-6,11-12,16-17H,7-10H2,1H3. The summed E-state index contributed by atoms with van der Waals surface area (Å²) in [5.41, 5.74) is 4.16. The SMILES string of the molecule is Cc1ccc(C(c2ccsc2)N2CCNCC2)cc1. The number of aryl methyl sites for hydroxylation is 1. The lowest BCUT2D eigenvalue weighted by Crippen LogP contribution is -2.45. The van der Waals surface area contributed by atoms with Gasteiger partial charge in [-0.2, -0.15) is 11.3 Å². The average Bonchev–Trinajstić information content (AvgIpc) is 2.96. The molecular formula is C16H20N2S. The Bertz CT molecular complexity index is 498. The molecule has 0 spiro atoms. The van der Waals surface area contributed by atoms with Crippen molar-refractivity contribution in [3.05, 3.63) is 57.8 Å². The maximum atomic E-state index is 3.44. The predicted octanol–water partition coefficient (Wildman–Crippen LogP) is 3.05. The summed E-state index contributed by atoms with van der Waals surface area (Å²) in [7, 11) is 0. The van der Waals surface area contributed by atoms with Crippen LogP contribution in [0.5, 0.6) is 0 Å². The van der Waals surface area contributed by atoms with Crippen molar-refractivity contribution in [2.45, 2.75) is 13.0 Å². The second kappa shape index (κ2) is 5.87. The maximum absolute atomic E-state index is 3.44. The molecule has 1 aliphatic rings. The first-order chi connectivity index (χ1) is 9.34. The molecule has 1 aromatic heterocycles. The molecule has 100 valence electrons. The Labute approximate surface area is 119 Å². The molecule has 2 heterocycles. The molecule has 2 aromatic rings. The number of hydrogen-bond donors (Lipinski definition) is 1. The van der Waals surface area contributed by atoms with E-state index in [-0.39, 0.29) is 0 Å². The van der Waals surface area contributed by atoms with Crippen LogP contribution in [-0.2, 0) is 0 Å². The molecule has 19 heavy (non-hydrogen) atoms. The maximum Gasteiger partial charge on any atom is 0.0610 e. The van der Waals surface area contributed by atoms with Crippen molar-refractivity contribution in [2.24, 2.45) is 0 Å². The highest BCUT2D eigenvalue weighted by atomic mass is 32.1. The molecule has 0 saturated carbocycles. The van der Waals surface area contributed by atoms with Crippen LogP contribution in [0.15, 0.2) is 41.1 Å². The van der Waals surface area contributed by atoms with Crippen LogP contribution in [-0.4, -0.2) is 31.1 Å². The first-order valence-electron chi connectivity index (χ1n) is 6.88. The number of hydrogen-bond acceptors (Lipinski definition) is 3. The Balaban J connectivity index is 1.93. The van der Waals surface area contributed by atoms with Crippen molar-refractivity contribution >= 4 is 11.3 Å². The lowest BCUT2D eigenvalue weighted by atomic mass is 9.98. The zero-order valence-corrected chi connectivity index (χ0v) is 12.1. The van der Waals surface area contributed by atoms with Crippen LogP contribution >= 0.6 is 11.3 Å². The highest BCUT2D eigenvalue weighted by Crippen LogP contribution is 2.30. The van der Waals surface area contributed by atoms with Gasteiger partial charge in [0.1, 0.15) is 0 Å². The van der Waals surface area contributed by atoms with Crippen LogP contribution in [0.25, 0.3) is 0 Å². The normalized spacial score (nSPS) is 18.4. The van der Waals surface area contributed by atoms with Crippen LogP contribution in [0.1, 0.15) is 22.7 Å². The molecular weight excluding hydrogens is 252 g/mol. The van der Waals surface area contributed by atoms with Crippen LogP contribution < -0.4 is 5.32 Å². The van der Waals surface area contributed by atoms with E-state index in [1.807, 2.05) is 0 Å². The average molecular weight is 272 g/mol. The van der Waals surface area contributed by atoms with E-state index >= 15 is 0 Å². The molecule has 0 amide bonds. The highest BCUT2D eigenvalue weighted by Gasteiger charge is 2.23. The van der Waals surface area contributed by atoms with E-state index < -0.39 is 0 Å². The summed E-state index contributed by atoms with van der Waals surface area (Å²) >= 11 is 1.79. The van der Waals surface area contributed by atoms with Gasteiger partial charge in [0.15, 0.2) is 0 Å². The van der Waals surface area contributed by atoms with E-state index in [1.54, 1.807) is 11.3 Å². The fraction of sp³-hybridized carbons (Fsp3) is 0.375. The molecule has 0 radical (unpaired) electrons. The molecule has 2 nitrogen and oxygen atoms in total. The van der Waals surface area contributed by atoms with Crippen molar-refractivity contribution < 1.29 is 0 Å². The highest BCUT2D eigenvalue weighted by molar-refractivity contribution is 7.08. The Hall–Kier alpha value is -1.16. The Kier molecular flexibility index (Phi) is 3.97. The molecule has 0 aliphatic carbocycles. The van der Waals surface area contributed by atoms with Gasteiger partial charge in [0.25, 0.3) is 0 Å². The quantitative estimate of drug-likeness (QED) is 0.924. The van der Waals surface area contributed by atoms with E-state index in [2.05, 4.69) is 58.2 Å². The monoisotopic (exact) mass is 272 g/mol. The van der Waals surface area contributed by atoms with Crippen LogP contribution in [0, 0.1) is 6.92 Å². The third kappa shape index (κ3) is 2.89. The van der Waals surface area contributed by atoms with Crippen LogP contribution in [0.4, 0.5) is 0 Å². The number of rotatable bonds is 3. The second-order valence-electron chi connectivity index (χ2n) is 5.16. The summed E-state index contributed by atoms with van der Waals surface area (Å²) in [5.74, 6) is 0. The van der Waals surface area contributed by atoms with Gasteiger partial charge in [0.05, 0.1) is 6.04 Å². The minimum absolute atomic E-state index is 0.411. The fourth-order valence-corrected chi connectivity index (χ4v) is 3.41.